The molecule has 0 bridgehead atoms. The average Bonchev–Trinajstić information content (AvgIpc) is 2.46. The van der Waals surface area contributed by atoms with Crippen LogP contribution in [0.2, 0.25) is 0 Å². The molecule has 0 aliphatic rings. The van der Waals surface area contributed by atoms with E-state index >= 15 is 0 Å². The Morgan fingerprint density at radius 3 is 2.55 bits per heavy atom. The molecular formula is C17H24N2O. The lowest BCUT2D eigenvalue weighted by atomic mass is 10.1. The summed E-state index contributed by atoms with van der Waals surface area (Å²) in [6.07, 6.45) is 3.88. The van der Waals surface area contributed by atoms with E-state index in [9.17, 15) is 4.79 Å². The third-order valence-electron chi connectivity index (χ3n) is 3.13. The molecule has 0 aliphatic heterocycles. The highest BCUT2D eigenvalue weighted by molar-refractivity contribution is 5.75. The first-order valence-corrected chi connectivity index (χ1v) is 7.19. The SMILES string of the molecule is CCCCCC(=O)N(C)Cc1ccc(C#CCN)cc1. The molecule has 0 spiro atoms. The first kappa shape index (κ1) is 16.3. The minimum atomic E-state index is 0.213. The Hall–Kier alpha value is -1.79. The minimum absolute atomic E-state index is 0.213. The summed E-state index contributed by atoms with van der Waals surface area (Å²) in [4.78, 5) is 13.7. The van der Waals surface area contributed by atoms with Crippen molar-refractivity contribution < 1.29 is 4.79 Å². The second kappa shape index (κ2) is 9.17. The van der Waals surface area contributed by atoms with Crippen LogP contribution in [0.4, 0.5) is 0 Å². The molecular weight excluding hydrogens is 248 g/mol. The van der Waals surface area contributed by atoms with Crippen molar-refractivity contribution in [2.45, 2.75) is 39.2 Å². The van der Waals surface area contributed by atoms with Crippen molar-refractivity contribution in [3.05, 3.63) is 35.4 Å². The number of carbonyl (C=O) groups is 1. The van der Waals surface area contributed by atoms with Crippen LogP contribution in [0.3, 0.4) is 0 Å². The van der Waals surface area contributed by atoms with Gasteiger partial charge in [0.2, 0.25) is 5.91 Å². The lowest BCUT2D eigenvalue weighted by Crippen LogP contribution is -2.25. The van der Waals surface area contributed by atoms with E-state index in [0.717, 1.165) is 30.4 Å². The fourth-order valence-corrected chi connectivity index (χ4v) is 1.93. The van der Waals surface area contributed by atoms with E-state index in [1.165, 1.54) is 0 Å². The number of nitrogens with two attached hydrogens (primary N) is 1. The summed E-state index contributed by atoms with van der Waals surface area (Å²) < 4.78 is 0. The fourth-order valence-electron chi connectivity index (χ4n) is 1.93. The Labute approximate surface area is 122 Å². The molecule has 0 radical (unpaired) electrons. The molecule has 20 heavy (non-hydrogen) atoms. The molecule has 3 heteroatoms. The molecule has 0 fully saturated rings. The van der Waals surface area contributed by atoms with Crippen LogP contribution in [0.1, 0.15) is 43.7 Å². The average molecular weight is 272 g/mol. The first-order chi connectivity index (χ1) is 9.67. The lowest BCUT2D eigenvalue weighted by molar-refractivity contribution is -0.130. The molecule has 0 heterocycles. The third kappa shape index (κ3) is 5.90. The van der Waals surface area contributed by atoms with Crippen molar-refractivity contribution in [2.24, 2.45) is 5.73 Å². The van der Waals surface area contributed by atoms with Crippen molar-refractivity contribution in [1.29, 1.82) is 0 Å². The number of nitrogens with zero attached hydrogens (tertiary/aromatic N) is 1. The maximum Gasteiger partial charge on any atom is 0.222 e. The Morgan fingerprint density at radius 2 is 1.95 bits per heavy atom. The van der Waals surface area contributed by atoms with Crippen molar-refractivity contribution in [3.63, 3.8) is 0 Å². The van der Waals surface area contributed by atoms with Crippen molar-refractivity contribution in [3.8, 4) is 11.8 Å². The van der Waals surface area contributed by atoms with Crippen molar-refractivity contribution >= 4 is 5.91 Å². The molecule has 2 N–H and O–H groups in total. The van der Waals surface area contributed by atoms with Gasteiger partial charge in [0, 0.05) is 25.6 Å². The standard InChI is InChI=1S/C17H24N2O/c1-3-4-5-8-17(20)19(2)14-16-11-9-15(10-12-16)7-6-13-18/h9-12H,3-5,8,13-14,18H2,1-2H3. The summed E-state index contributed by atoms with van der Waals surface area (Å²) >= 11 is 0. The molecule has 0 saturated heterocycles. The van der Waals surface area contributed by atoms with Gasteiger partial charge in [-0.05, 0) is 24.1 Å². The van der Waals surface area contributed by atoms with E-state index in [2.05, 4.69) is 18.8 Å². The van der Waals surface area contributed by atoms with E-state index in [-0.39, 0.29) is 5.91 Å². The zero-order valence-corrected chi connectivity index (χ0v) is 12.5. The number of benzene rings is 1. The van der Waals surface area contributed by atoms with Crippen LogP contribution in [0.5, 0.6) is 0 Å². The molecule has 0 aromatic heterocycles. The Kier molecular flexibility index (Phi) is 7.46. The van der Waals surface area contributed by atoms with Gasteiger partial charge in [0.1, 0.15) is 0 Å². The quantitative estimate of drug-likeness (QED) is 0.639. The smallest absolute Gasteiger partial charge is 0.222 e. The van der Waals surface area contributed by atoms with Crippen LogP contribution in [-0.4, -0.2) is 24.4 Å². The lowest BCUT2D eigenvalue weighted by Gasteiger charge is -2.17. The Morgan fingerprint density at radius 1 is 1.25 bits per heavy atom. The van der Waals surface area contributed by atoms with E-state index in [0.29, 0.717) is 19.5 Å². The van der Waals surface area contributed by atoms with E-state index in [1.54, 1.807) is 4.90 Å². The first-order valence-electron chi connectivity index (χ1n) is 7.19. The van der Waals surface area contributed by atoms with Crippen LogP contribution >= 0.6 is 0 Å². The maximum atomic E-state index is 11.9. The highest BCUT2D eigenvalue weighted by Gasteiger charge is 2.08. The Bertz CT molecular complexity index is 468. The molecule has 0 unspecified atom stereocenters. The topological polar surface area (TPSA) is 46.3 Å². The monoisotopic (exact) mass is 272 g/mol. The van der Waals surface area contributed by atoms with Crippen molar-refractivity contribution in [1.82, 2.24) is 4.90 Å². The predicted molar refractivity (Wildman–Crippen MR) is 83.0 cm³/mol. The molecule has 1 rings (SSSR count). The largest absolute Gasteiger partial charge is 0.341 e. The summed E-state index contributed by atoms with van der Waals surface area (Å²) in [6, 6.07) is 7.95. The summed E-state index contributed by atoms with van der Waals surface area (Å²) in [7, 11) is 1.86. The number of hydrogen-bond donors (Lipinski definition) is 1. The number of carbonyl (C=O) groups excluding carboxylic acids is 1. The summed E-state index contributed by atoms with van der Waals surface area (Å²) in [5, 5.41) is 0. The summed E-state index contributed by atoms with van der Waals surface area (Å²) in [5.41, 5.74) is 7.41. The van der Waals surface area contributed by atoms with E-state index in [1.807, 2.05) is 31.3 Å². The van der Waals surface area contributed by atoms with Gasteiger partial charge >= 0.3 is 0 Å². The van der Waals surface area contributed by atoms with Gasteiger partial charge < -0.3 is 10.6 Å². The molecule has 0 atom stereocenters. The highest BCUT2D eigenvalue weighted by Crippen LogP contribution is 2.08. The second-order valence-corrected chi connectivity index (χ2v) is 4.91. The van der Waals surface area contributed by atoms with Gasteiger partial charge in [0.05, 0.1) is 6.54 Å². The van der Waals surface area contributed by atoms with Crippen molar-refractivity contribution in [2.75, 3.05) is 13.6 Å². The zero-order valence-electron chi connectivity index (χ0n) is 12.5. The zero-order chi connectivity index (χ0) is 14.8. The Balaban J connectivity index is 2.49. The van der Waals surface area contributed by atoms with E-state index < -0.39 is 0 Å². The number of amides is 1. The fraction of sp³-hybridized carbons (Fsp3) is 0.471. The molecule has 0 saturated carbocycles. The molecule has 1 aromatic carbocycles. The number of rotatable bonds is 6. The van der Waals surface area contributed by atoms with Gasteiger partial charge in [-0.25, -0.2) is 0 Å². The predicted octanol–water partition coefficient (Wildman–Crippen LogP) is 2.54. The molecule has 3 nitrogen and oxygen atoms in total. The molecule has 1 amide bonds. The van der Waals surface area contributed by atoms with Crippen LogP contribution in [0, 0.1) is 11.8 Å². The second-order valence-electron chi connectivity index (χ2n) is 4.91. The van der Waals surface area contributed by atoms with E-state index in [4.69, 9.17) is 5.73 Å². The number of unbranched alkanes of at least 4 members (excludes halogenated alkanes) is 2. The van der Waals surface area contributed by atoms with Crippen LogP contribution in [0.25, 0.3) is 0 Å². The van der Waals surface area contributed by atoms with Gasteiger partial charge in [-0.2, -0.15) is 0 Å². The van der Waals surface area contributed by atoms with Gasteiger partial charge in [0.25, 0.3) is 0 Å². The van der Waals surface area contributed by atoms with Gasteiger partial charge in [-0.3, -0.25) is 4.79 Å². The number of hydrogen-bond acceptors (Lipinski definition) is 2. The van der Waals surface area contributed by atoms with Crippen LogP contribution < -0.4 is 5.73 Å². The van der Waals surface area contributed by atoms with Gasteiger partial charge in [-0.1, -0.05) is 43.7 Å². The normalized spacial score (nSPS) is 9.75. The van der Waals surface area contributed by atoms with Crippen LogP contribution in [0.15, 0.2) is 24.3 Å². The highest BCUT2D eigenvalue weighted by atomic mass is 16.2. The summed E-state index contributed by atoms with van der Waals surface area (Å²) in [6.45, 7) is 3.16. The molecule has 0 aliphatic carbocycles. The van der Waals surface area contributed by atoms with Gasteiger partial charge in [-0.15, -0.1) is 0 Å². The summed E-state index contributed by atoms with van der Waals surface area (Å²) in [5.74, 6) is 6.02. The molecule has 108 valence electrons. The minimum Gasteiger partial charge on any atom is -0.341 e. The van der Waals surface area contributed by atoms with Gasteiger partial charge in [0.15, 0.2) is 0 Å². The maximum absolute atomic E-state index is 11.9. The molecule has 1 aromatic rings. The van der Waals surface area contributed by atoms with Crippen LogP contribution in [-0.2, 0) is 11.3 Å². The third-order valence-corrected chi connectivity index (χ3v) is 3.13.